The van der Waals surface area contributed by atoms with E-state index in [2.05, 4.69) is 12.1 Å². The number of halogens is 2. The Bertz CT molecular complexity index is 1800. The number of hydroxylamine groups is 1. The number of aryl methyl sites for hydroxylation is 1. The Labute approximate surface area is 301 Å². The lowest BCUT2D eigenvalue weighted by molar-refractivity contribution is -0.115. The van der Waals surface area contributed by atoms with Crippen molar-refractivity contribution in [3.63, 3.8) is 0 Å². The summed E-state index contributed by atoms with van der Waals surface area (Å²) in [4.78, 5) is 18.2. The predicted octanol–water partition coefficient (Wildman–Crippen LogP) is 7.55. The molecule has 13 heteroatoms. The van der Waals surface area contributed by atoms with Crippen LogP contribution in [-0.4, -0.2) is 48.1 Å². The molecule has 268 valence electrons. The molecule has 0 aromatic heterocycles. The Hall–Kier alpha value is -3.09. The summed E-state index contributed by atoms with van der Waals surface area (Å²) in [7, 11) is -6.32. The van der Waals surface area contributed by atoms with Crippen molar-refractivity contribution in [2.75, 3.05) is 25.4 Å². The van der Waals surface area contributed by atoms with Crippen LogP contribution in [0.5, 0.6) is 5.75 Å². The van der Waals surface area contributed by atoms with E-state index in [0.717, 1.165) is 72.5 Å². The molecule has 9 nitrogen and oxygen atoms in total. The quantitative estimate of drug-likeness (QED) is 0.168. The van der Waals surface area contributed by atoms with Crippen molar-refractivity contribution in [3.05, 3.63) is 111 Å². The SMILES string of the molecule is C=C/C=C(\C=C/CC1CC1c1ccc(OCC2=C(C3CC3)ONC2c2c(C)cccc2Cl)cc1Cl)C(=O)NS(C)(=O)=O.CC.CS(C)(=O)=O. The molecule has 0 radical (unpaired) electrons. The molecule has 2 aromatic carbocycles. The second-order valence-electron chi connectivity index (χ2n) is 12.2. The highest BCUT2D eigenvalue weighted by atomic mass is 35.5. The summed E-state index contributed by atoms with van der Waals surface area (Å²) >= 11 is 13.3. The minimum Gasteiger partial charge on any atom is -0.489 e. The van der Waals surface area contributed by atoms with Crippen LogP contribution >= 0.6 is 23.2 Å². The van der Waals surface area contributed by atoms with Gasteiger partial charge in [0, 0.05) is 39.6 Å². The van der Waals surface area contributed by atoms with Crippen molar-refractivity contribution < 1.29 is 31.2 Å². The fourth-order valence-electron chi connectivity index (χ4n) is 5.37. The average molecular weight is 754 g/mol. The first-order chi connectivity index (χ1) is 23.1. The molecule has 0 saturated heterocycles. The number of carbonyl (C=O) groups excluding carboxylic acids is 1. The normalized spacial score (nSPS) is 20.4. The van der Waals surface area contributed by atoms with Crippen molar-refractivity contribution in [2.45, 2.75) is 58.4 Å². The van der Waals surface area contributed by atoms with E-state index in [1.165, 1.54) is 12.2 Å². The molecule has 0 bridgehead atoms. The van der Waals surface area contributed by atoms with Gasteiger partial charge in [-0.05, 0) is 79.3 Å². The highest BCUT2D eigenvalue weighted by Gasteiger charge is 2.40. The number of sulfone groups is 1. The van der Waals surface area contributed by atoms with Gasteiger partial charge in [-0.15, -0.1) is 5.48 Å². The predicted molar refractivity (Wildman–Crippen MR) is 198 cm³/mol. The van der Waals surface area contributed by atoms with Crippen molar-refractivity contribution >= 4 is 49.0 Å². The number of hydrogen-bond acceptors (Lipinski definition) is 8. The molecule has 1 heterocycles. The molecule has 2 saturated carbocycles. The Balaban J connectivity index is 0.000000852. The second kappa shape index (κ2) is 17.7. The van der Waals surface area contributed by atoms with Gasteiger partial charge in [0.1, 0.15) is 28.0 Å². The molecule has 3 aliphatic rings. The Morgan fingerprint density at radius 2 is 1.76 bits per heavy atom. The number of sulfonamides is 1. The lowest BCUT2D eigenvalue weighted by Crippen LogP contribution is -2.30. The van der Waals surface area contributed by atoms with Crippen LogP contribution in [0.2, 0.25) is 10.0 Å². The molecular formula is C36H46Cl2N2O7S2. The van der Waals surface area contributed by atoms with E-state index < -0.39 is 25.8 Å². The minimum absolute atomic E-state index is 0.177. The van der Waals surface area contributed by atoms with Gasteiger partial charge in [0.05, 0.1) is 12.3 Å². The van der Waals surface area contributed by atoms with Gasteiger partial charge in [-0.2, -0.15) is 0 Å². The third-order valence-electron chi connectivity index (χ3n) is 7.72. The zero-order chi connectivity index (χ0) is 36.5. The Kier molecular flexibility index (Phi) is 14.6. The summed E-state index contributed by atoms with van der Waals surface area (Å²) in [5, 5.41) is 1.34. The summed E-state index contributed by atoms with van der Waals surface area (Å²) in [6.07, 6.45) is 13.6. The summed E-state index contributed by atoms with van der Waals surface area (Å²) in [6.45, 7) is 10.00. The van der Waals surface area contributed by atoms with Crippen LogP contribution in [0, 0.1) is 18.8 Å². The highest BCUT2D eigenvalue weighted by molar-refractivity contribution is 7.90. The molecule has 1 amide bonds. The Morgan fingerprint density at radius 1 is 1.08 bits per heavy atom. The van der Waals surface area contributed by atoms with Gasteiger partial charge in [-0.3, -0.25) is 4.79 Å². The zero-order valence-electron chi connectivity index (χ0n) is 28.8. The lowest BCUT2D eigenvalue weighted by atomic mass is 9.94. The molecule has 3 atom stereocenters. The van der Waals surface area contributed by atoms with Gasteiger partial charge >= 0.3 is 0 Å². The van der Waals surface area contributed by atoms with E-state index >= 15 is 0 Å². The summed E-state index contributed by atoms with van der Waals surface area (Å²) in [5.41, 5.74) is 7.61. The number of rotatable bonds is 12. The number of nitrogens with one attached hydrogen (secondary N) is 2. The monoisotopic (exact) mass is 752 g/mol. The molecule has 5 rings (SSSR count). The minimum atomic E-state index is -3.65. The second-order valence-corrected chi connectivity index (χ2v) is 17.1. The summed E-state index contributed by atoms with van der Waals surface area (Å²) in [5.74, 6) is 2.04. The van der Waals surface area contributed by atoms with Crippen molar-refractivity contribution in [1.82, 2.24) is 10.2 Å². The maximum atomic E-state index is 12.2. The topological polar surface area (TPSA) is 128 Å². The van der Waals surface area contributed by atoms with Crippen LogP contribution < -0.4 is 14.9 Å². The van der Waals surface area contributed by atoms with Crippen LogP contribution in [0.3, 0.4) is 0 Å². The molecule has 2 N–H and O–H groups in total. The number of amides is 1. The molecule has 3 unspecified atom stereocenters. The third-order valence-corrected chi connectivity index (χ3v) is 8.93. The van der Waals surface area contributed by atoms with Gasteiger partial charge in [0.25, 0.3) is 5.91 Å². The molecule has 49 heavy (non-hydrogen) atoms. The van der Waals surface area contributed by atoms with Gasteiger partial charge in [-0.25, -0.2) is 21.6 Å². The maximum Gasteiger partial charge on any atom is 0.264 e. The van der Waals surface area contributed by atoms with E-state index in [4.69, 9.17) is 32.8 Å². The van der Waals surface area contributed by atoms with Crippen molar-refractivity contribution in [1.29, 1.82) is 0 Å². The lowest BCUT2D eigenvalue weighted by Gasteiger charge is -2.18. The number of hydrogen-bond donors (Lipinski definition) is 2. The van der Waals surface area contributed by atoms with E-state index in [9.17, 15) is 21.6 Å². The standard InChI is InChI=1S/C32H34Cl2N2O5S.C2H6O2S.C2H6/c1-4-7-21(32(37)36-42(3,38)39)9-6-10-22-16-25(22)24-15-14-23(17-28(24)34)40-18-26-30(35-41-31(26)20-12-13-20)29-19(2)8-5-11-27(29)33;1-5(2,3)4;1-2/h4-9,11,14-15,17,20,22,25,30,35H,1,10,12-13,16,18H2,2-3H3,(H,36,37);1-2H3;1-2H3/b9-6-,21-7+;;. The van der Waals surface area contributed by atoms with Gasteiger partial charge in [0.2, 0.25) is 10.0 Å². The first-order valence-electron chi connectivity index (χ1n) is 16.0. The van der Waals surface area contributed by atoms with Gasteiger partial charge in [-0.1, -0.05) is 86.1 Å². The molecule has 0 spiro atoms. The van der Waals surface area contributed by atoms with E-state index in [-0.39, 0.29) is 11.6 Å². The zero-order valence-corrected chi connectivity index (χ0v) is 31.9. The molecule has 2 fully saturated rings. The summed E-state index contributed by atoms with van der Waals surface area (Å²) in [6, 6.07) is 11.5. The average Bonchev–Trinajstić information content (AvgIpc) is 3.94. The summed E-state index contributed by atoms with van der Waals surface area (Å²) < 4.78 is 50.3. The molecule has 2 aliphatic carbocycles. The molecule has 1 aliphatic heterocycles. The number of carbonyl (C=O) groups is 1. The van der Waals surface area contributed by atoms with Gasteiger partial charge in [0.15, 0.2) is 0 Å². The van der Waals surface area contributed by atoms with Crippen LogP contribution in [0.1, 0.15) is 68.2 Å². The van der Waals surface area contributed by atoms with E-state index in [1.807, 2.05) is 68.0 Å². The largest absolute Gasteiger partial charge is 0.489 e. The number of benzene rings is 2. The van der Waals surface area contributed by atoms with E-state index in [1.54, 1.807) is 6.08 Å². The Morgan fingerprint density at radius 3 is 2.33 bits per heavy atom. The maximum absolute atomic E-state index is 12.2. The van der Waals surface area contributed by atoms with Crippen LogP contribution in [-0.2, 0) is 29.5 Å². The molecular weight excluding hydrogens is 707 g/mol. The van der Waals surface area contributed by atoms with Crippen LogP contribution in [0.15, 0.2) is 84.2 Å². The number of allylic oxidation sites excluding steroid dienone is 4. The van der Waals surface area contributed by atoms with Crippen LogP contribution in [0.4, 0.5) is 0 Å². The fourth-order valence-corrected chi connectivity index (χ4v) is 6.47. The van der Waals surface area contributed by atoms with Crippen molar-refractivity contribution in [3.8, 4) is 5.75 Å². The number of ether oxygens (including phenoxy) is 1. The van der Waals surface area contributed by atoms with Crippen LogP contribution in [0.25, 0.3) is 0 Å². The first-order valence-corrected chi connectivity index (χ1v) is 21.0. The van der Waals surface area contributed by atoms with Gasteiger partial charge < -0.3 is 9.57 Å². The first kappa shape index (κ1) is 40.3. The highest BCUT2D eigenvalue weighted by Crippen LogP contribution is 2.52. The molecule has 2 aromatic rings. The van der Waals surface area contributed by atoms with E-state index in [0.29, 0.717) is 40.2 Å². The smallest absolute Gasteiger partial charge is 0.264 e. The fraction of sp³-hybridized carbons (Fsp3) is 0.417. The third kappa shape index (κ3) is 12.6. The van der Waals surface area contributed by atoms with Crippen molar-refractivity contribution in [2.24, 2.45) is 11.8 Å².